The van der Waals surface area contributed by atoms with E-state index < -0.39 is 17.2 Å². The summed E-state index contributed by atoms with van der Waals surface area (Å²) >= 11 is 1.51. The van der Waals surface area contributed by atoms with E-state index in [4.69, 9.17) is 10.5 Å². The van der Waals surface area contributed by atoms with Crippen LogP contribution in [0.4, 0.5) is 11.5 Å². The molecule has 2 rings (SSSR count). The molecule has 8 nitrogen and oxygen atoms in total. The summed E-state index contributed by atoms with van der Waals surface area (Å²) < 4.78 is 6.33. The van der Waals surface area contributed by atoms with Gasteiger partial charge in [-0.15, -0.1) is 0 Å². The van der Waals surface area contributed by atoms with Crippen molar-refractivity contribution in [1.29, 1.82) is 0 Å². The van der Waals surface area contributed by atoms with E-state index in [0.29, 0.717) is 6.54 Å². The predicted octanol–water partition coefficient (Wildman–Crippen LogP) is 1.53. The van der Waals surface area contributed by atoms with E-state index in [-0.39, 0.29) is 30.6 Å². The number of nitrogens with zero attached hydrogens (tertiary/aromatic N) is 2. The molecule has 9 heteroatoms. The molecule has 0 atom stereocenters. The monoisotopic (exact) mass is 392 g/mol. The summed E-state index contributed by atoms with van der Waals surface area (Å²) in [6.07, 6.45) is 3.03. The van der Waals surface area contributed by atoms with Gasteiger partial charge in [0.2, 0.25) is 0 Å². The quantitative estimate of drug-likeness (QED) is 0.662. The molecule has 2 aromatic rings. The molecule has 0 aliphatic rings. The Labute approximate surface area is 160 Å². The van der Waals surface area contributed by atoms with E-state index in [1.165, 1.54) is 34.0 Å². The number of rotatable bonds is 8. The number of ether oxygens (including phenoxy) is 1. The fourth-order valence-electron chi connectivity index (χ4n) is 2.53. The van der Waals surface area contributed by atoms with Crippen LogP contribution in [0.1, 0.15) is 19.4 Å². The van der Waals surface area contributed by atoms with Crippen molar-refractivity contribution in [3.8, 4) is 0 Å². The van der Waals surface area contributed by atoms with Crippen LogP contribution >= 0.6 is 11.3 Å². The van der Waals surface area contributed by atoms with Gasteiger partial charge in [0, 0.05) is 26.3 Å². The molecule has 0 unspecified atom stereocenters. The molecule has 27 heavy (non-hydrogen) atoms. The lowest BCUT2D eigenvalue weighted by atomic mass is 10.2. The van der Waals surface area contributed by atoms with Crippen molar-refractivity contribution in [2.75, 3.05) is 30.9 Å². The van der Waals surface area contributed by atoms with E-state index >= 15 is 0 Å². The standard InChI is InChI=1S/C18H24N4O4S/c1-12(2)10-22-16(19)15(17(24)20-18(22)25)21(7-8-26-3)14(23)5-4-13-6-9-27-11-13/h4-6,9,11-12H,7-8,10,19H2,1-3H3,(H,20,24,25). The van der Waals surface area contributed by atoms with Gasteiger partial charge in [-0.1, -0.05) is 13.8 Å². The summed E-state index contributed by atoms with van der Waals surface area (Å²) in [7, 11) is 1.50. The molecule has 0 saturated carbocycles. The number of H-pyrrole nitrogens is 1. The number of aromatic amines is 1. The van der Waals surface area contributed by atoms with Crippen LogP contribution in [0.5, 0.6) is 0 Å². The number of anilines is 2. The van der Waals surface area contributed by atoms with Crippen molar-refractivity contribution in [3.63, 3.8) is 0 Å². The van der Waals surface area contributed by atoms with Crippen molar-refractivity contribution >= 4 is 34.8 Å². The molecule has 3 N–H and O–H groups in total. The highest BCUT2D eigenvalue weighted by molar-refractivity contribution is 7.08. The van der Waals surface area contributed by atoms with Gasteiger partial charge in [-0.2, -0.15) is 11.3 Å². The SMILES string of the molecule is COCCN(C(=O)C=Cc1ccsc1)c1c(N)n(CC(C)C)c(=O)[nH]c1=O. The molecule has 0 fully saturated rings. The van der Waals surface area contributed by atoms with Crippen molar-refractivity contribution in [2.24, 2.45) is 5.92 Å². The third-order valence-corrected chi connectivity index (χ3v) is 4.48. The van der Waals surface area contributed by atoms with Crippen LogP contribution in [0, 0.1) is 5.92 Å². The predicted molar refractivity (Wildman–Crippen MR) is 108 cm³/mol. The second-order valence-corrected chi connectivity index (χ2v) is 7.15. The number of nitrogens with one attached hydrogen (secondary N) is 1. The van der Waals surface area contributed by atoms with E-state index in [0.717, 1.165) is 5.56 Å². The van der Waals surface area contributed by atoms with Crippen LogP contribution < -0.4 is 21.9 Å². The molecular formula is C18H24N4O4S. The Morgan fingerprint density at radius 3 is 2.78 bits per heavy atom. The number of nitrogens with two attached hydrogens (primary N) is 1. The molecule has 0 aliphatic heterocycles. The minimum Gasteiger partial charge on any atom is -0.383 e. The minimum absolute atomic E-state index is 0.0363. The smallest absolute Gasteiger partial charge is 0.330 e. The second kappa shape index (κ2) is 9.33. The van der Waals surface area contributed by atoms with Gasteiger partial charge in [0.1, 0.15) is 5.82 Å². The number of nitrogen functional groups attached to an aromatic ring is 1. The lowest BCUT2D eigenvalue weighted by Crippen LogP contribution is -2.42. The summed E-state index contributed by atoms with van der Waals surface area (Å²) in [4.78, 5) is 40.8. The van der Waals surface area contributed by atoms with E-state index in [1.54, 1.807) is 6.08 Å². The van der Waals surface area contributed by atoms with Crippen molar-refractivity contribution < 1.29 is 9.53 Å². The lowest BCUT2D eigenvalue weighted by Gasteiger charge is -2.23. The van der Waals surface area contributed by atoms with Gasteiger partial charge in [-0.25, -0.2) is 4.79 Å². The van der Waals surface area contributed by atoms with E-state index in [1.807, 2.05) is 30.7 Å². The maximum absolute atomic E-state index is 12.8. The highest BCUT2D eigenvalue weighted by atomic mass is 32.1. The Balaban J connectivity index is 2.48. The molecule has 2 aromatic heterocycles. The number of carbonyl (C=O) groups is 1. The van der Waals surface area contributed by atoms with Gasteiger partial charge in [-0.3, -0.25) is 24.0 Å². The Morgan fingerprint density at radius 2 is 2.19 bits per heavy atom. The van der Waals surface area contributed by atoms with Gasteiger partial charge in [0.15, 0.2) is 5.69 Å². The van der Waals surface area contributed by atoms with Crippen LogP contribution in [-0.4, -0.2) is 35.7 Å². The van der Waals surface area contributed by atoms with Crippen LogP contribution in [-0.2, 0) is 16.1 Å². The normalized spacial score (nSPS) is 11.4. The second-order valence-electron chi connectivity index (χ2n) is 6.37. The molecule has 146 valence electrons. The zero-order valence-corrected chi connectivity index (χ0v) is 16.4. The number of thiophene rings is 1. The molecule has 0 radical (unpaired) electrons. The zero-order chi connectivity index (χ0) is 20.0. The van der Waals surface area contributed by atoms with E-state index in [2.05, 4.69) is 4.98 Å². The van der Waals surface area contributed by atoms with Gasteiger partial charge in [0.25, 0.3) is 11.5 Å². The number of carbonyl (C=O) groups excluding carboxylic acids is 1. The average molecular weight is 392 g/mol. The summed E-state index contributed by atoms with van der Waals surface area (Å²) in [6.45, 7) is 4.50. The first-order valence-corrected chi connectivity index (χ1v) is 9.42. The molecule has 0 saturated heterocycles. The Hall–Kier alpha value is -2.65. The van der Waals surface area contributed by atoms with Crippen molar-refractivity contribution in [1.82, 2.24) is 9.55 Å². The number of methoxy groups -OCH3 is 1. The number of aromatic nitrogens is 2. The van der Waals surface area contributed by atoms with Gasteiger partial charge in [-0.05, 0) is 34.4 Å². The minimum atomic E-state index is -0.703. The highest BCUT2D eigenvalue weighted by Gasteiger charge is 2.23. The third kappa shape index (κ3) is 5.18. The zero-order valence-electron chi connectivity index (χ0n) is 15.6. The molecule has 0 spiro atoms. The number of hydrogen-bond acceptors (Lipinski definition) is 6. The van der Waals surface area contributed by atoms with Crippen LogP contribution in [0.2, 0.25) is 0 Å². The summed E-state index contributed by atoms with van der Waals surface area (Å²) in [6, 6.07) is 1.87. The molecular weight excluding hydrogens is 368 g/mol. The third-order valence-electron chi connectivity index (χ3n) is 3.78. The molecule has 0 aliphatic carbocycles. The Bertz CT molecular complexity index is 912. The number of hydrogen-bond donors (Lipinski definition) is 2. The largest absolute Gasteiger partial charge is 0.383 e. The first kappa shape index (κ1) is 20.7. The molecule has 2 heterocycles. The van der Waals surface area contributed by atoms with Crippen LogP contribution in [0.3, 0.4) is 0 Å². The molecule has 0 bridgehead atoms. The first-order chi connectivity index (χ1) is 12.8. The molecule has 0 aromatic carbocycles. The van der Waals surface area contributed by atoms with Crippen molar-refractivity contribution in [3.05, 3.63) is 49.3 Å². The summed E-state index contributed by atoms with van der Waals surface area (Å²) in [5.74, 6) is -0.332. The topological polar surface area (TPSA) is 110 Å². The van der Waals surface area contributed by atoms with Gasteiger partial charge in [0.05, 0.1) is 6.61 Å². The van der Waals surface area contributed by atoms with Crippen molar-refractivity contribution in [2.45, 2.75) is 20.4 Å². The fourth-order valence-corrected chi connectivity index (χ4v) is 3.16. The summed E-state index contributed by atoms with van der Waals surface area (Å²) in [5.41, 5.74) is 5.66. The average Bonchev–Trinajstić information content (AvgIpc) is 3.12. The van der Waals surface area contributed by atoms with E-state index in [9.17, 15) is 14.4 Å². The summed E-state index contributed by atoms with van der Waals surface area (Å²) in [5, 5.41) is 3.80. The Kier molecular flexibility index (Phi) is 7.14. The van der Waals surface area contributed by atoms with Gasteiger partial charge < -0.3 is 10.5 Å². The maximum atomic E-state index is 12.8. The highest BCUT2D eigenvalue weighted by Crippen LogP contribution is 2.18. The Morgan fingerprint density at radius 1 is 1.44 bits per heavy atom. The van der Waals surface area contributed by atoms with Gasteiger partial charge >= 0.3 is 5.69 Å². The first-order valence-electron chi connectivity index (χ1n) is 8.48. The molecule has 1 amide bonds. The lowest BCUT2D eigenvalue weighted by molar-refractivity contribution is -0.114. The fraction of sp³-hybridized carbons (Fsp3) is 0.389. The maximum Gasteiger partial charge on any atom is 0.330 e. The number of amides is 1. The van der Waals surface area contributed by atoms with Crippen LogP contribution in [0.25, 0.3) is 6.08 Å². The van der Waals surface area contributed by atoms with Crippen LogP contribution in [0.15, 0.2) is 32.5 Å².